The fraction of sp³-hybridized carbons (Fsp3) is 0.150. The molecule has 1 amide bonds. The molecule has 1 N–H and O–H groups in total. The first-order valence-corrected chi connectivity index (χ1v) is 8.18. The van der Waals surface area contributed by atoms with Crippen LogP contribution in [-0.2, 0) is 0 Å². The fourth-order valence-corrected chi connectivity index (χ4v) is 2.81. The number of nitrogens with zero attached hydrogens (tertiary/aromatic N) is 3. The van der Waals surface area contributed by atoms with Crippen LogP contribution in [0.1, 0.15) is 27.3 Å². The molecule has 0 saturated heterocycles. The van der Waals surface area contributed by atoms with E-state index in [4.69, 9.17) is 4.74 Å². The number of hydrazone groups is 1. The van der Waals surface area contributed by atoms with E-state index in [0.717, 1.165) is 22.8 Å². The summed E-state index contributed by atoms with van der Waals surface area (Å²) in [4.78, 5) is 16.7. The Bertz CT molecular complexity index is 946. The zero-order valence-electron chi connectivity index (χ0n) is 14.9. The molecular formula is C20H20N4O2. The summed E-state index contributed by atoms with van der Waals surface area (Å²) in [6.07, 6.45) is 3.39. The number of methoxy groups -OCH3 is 1. The number of ether oxygens (including phenoxy) is 1. The Balaban J connectivity index is 1.78. The van der Waals surface area contributed by atoms with Crippen molar-refractivity contribution in [2.75, 3.05) is 7.11 Å². The van der Waals surface area contributed by atoms with Gasteiger partial charge in [-0.05, 0) is 44.2 Å². The lowest BCUT2D eigenvalue weighted by Crippen LogP contribution is -2.18. The highest BCUT2D eigenvalue weighted by molar-refractivity contribution is 5.97. The topological polar surface area (TPSA) is 68.5 Å². The normalized spacial score (nSPS) is 10.9. The summed E-state index contributed by atoms with van der Waals surface area (Å²) in [5.41, 5.74) is 5.93. The summed E-state index contributed by atoms with van der Waals surface area (Å²) in [5.74, 6) is 1.03. The number of benzene rings is 1. The summed E-state index contributed by atoms with van der Waals surface area (Å²) in [6, 6.07) is 14.8. The number of carbonyl (C=O) groups excluding carboxylic acids is 1. The van der Waals surface area contributed by atoms with Crippen molar-refractivity contribution < 1.29 is 9.53 Å². The van der Waals surface area contributed by atoms with E-state index in [1.165, 1.54) is 7.11 Å². The molecule has 0 unspecified atom stereocenters. The van der Waals surface area contributed by atoms with Gasteiger partial charge in [0.15, 0.2) is 0 Å². The van der Waals surface area contributed by atoms with Crippen molar-refractivity contribution >= 4 is 12.1 Å². The molecule has 0 atom stereocenters. The third-order valence-corrected chi connectivity index (χ3v) is 4.07. The van der Waals surface area contributed by atoms with Crippen molar-refractivity contribution in [3.63, 3.8) is 0 Å². The lowest BCUT2D eigenvalue weighted by Gasteiger charge is -2.07. The Morgan fingerprint density at radius 1 is 1.19 bits per heavy atom. The van der Waals surface area contributed by atoms with E-state index in [1.807, 2.05) is 48.7 Å². The second-order valence-electron chi connectivity index (χ2n) is 5.75. The first kappa shape index (κ1) is 17.4. The number of aromatic nitrogens is 2. The van der Waals surface area contributed by atoms with Crippen molar-refractivity contribution in [1.82, 2.24) is 15.0 Å². The van der Waals surface area contributed by atoms with E-state index in [2.05, 4.69) is 15.5 Å². The molecule has 0 aliphatic carbocycles. The molecule has 26 heavy (non-hydrogen) atoms. The monoisotopic (exact) mass is 348 g/mol. The minimum Gasteiger partial charge on any atom is -0.496 e. The number of rotatable bonds is 5. The van der Waals surface area contributed by atoms with Gasteiger partial charge in [-0.3, -0.25) is 4.79 Å². The molecule has 6 nitrogen and oxygen atoms in total. The Hall–Kier alpha value is -3.41. The first-order chi connectivity index (χ1) is 12.6. The summed E-state index contributed by atoms with van der Waals surface area (Å²) in [7, 11) is 1.53. The third kappa shape index (κ3) is 3.49. The molecule has 2 aromatic heterocycles. The van der Waals surface area contributed by atoms with Crippen LogP contribution in [0.2, 0.25) is 0 Å². The molecule has 2 heterocycles. The highest BCUT2D eigenvalue weighted by atomic mass is 16.5. The highest BCUT2D eigenvalue weighted by Crippen LogP contribution is 2.18. The largest absolute Gasteiger partial charge is 0.496 e. The molecule has 0 aliphatic heterocycles. The van der Waals surface area contributed by atoms with Crippen LogP contribution in [0.15, 0.2) is 59.8 Å². The van der Waals surface area contributed by atoms with Gasteiger partial charge in [-0.15, -0.1) is 0 Å². The number of para-hydroxylation sites is 1. The number of hydrogen-bond acceptors (Lipinski definition) is 4. The molecule has 6 heteroatoms. The maximum absolute atomic E-state index is 12.3. The predicted molar refractivity (Wildman–Crippen MR) is 101 cm³/mol. The van der Waals surface area contributed by atoms with E-state index in [0.29, 0.717) is 11.3 Å². The van der Waals surface area contributed by atoms with Crippen LogP contribution in [0.4, 0.5) is 0 Å². The zero-order chi connectivity index (χ0) is 18.5. The molecule has 0 saturated carbocycles. The van der Waals surface area contributed by atoms with E-state index in [1.54, 1.807) is 30.6 Å². The van der Waals surface area contributed by atoms with Gasteiger partial charge < -0.3 is 9.30 Å². The Kier molecular flexibility index (Phi) is 5.12. The third-order valence-electron chi connectivity index (χ3n) is 4.07. The number of aryl methyl sites for hydroxylation is 1. The first-order valence-electron chi connectivity index (χ1n) is 8.18. The molecule has 0 spiro atoms. The molecular weight excluding hydrogens is 328 g/mol. The van der Waals surface area contributed by atoms with Gasteiger partial charge in [-0.1, -0.05) is 18.2 Å². The average Bonchev–Trinajstić information content (AvgIpc) is 2.95. The molecule has 1 aromatic carbocycles. The van der Waals surface area contributed by atoms with Gasteiger partial charge in [-0.25, -0.2) is 10.4 Å². The van der Waals surface area contributed by atoms with Crippen molar-refractivity contribution in [1.29, 1.82) is 0 Å². The van der Waals surface area contributed by atoms with Crippen molar-refractivity contribution in [2.24, 2.45) is 5.10 Å². The van der Waals surface area contributed by atoms with E-state index in [-0.39, 0.29) is 5.91 Å². The SMILES string of the molecule is COc1ccccc1C(=O)N/N=C\c1cc(C)n(-c2ccccn2)c1C. The lowest BCUT2D eigenvalue weighted by molar-refractivity contribution is 0.0952. The lowest BCUT2D eigenvalue weighted by atomic mass is 10.2. The molecule has 0 bridgehead atoms. The molecule has 3 aromatic rings. The molecule has 132 valence electrons. The average molecular weight is 348 g/mol. The van der Waals surface area contributed by atoms with Crippen LogP contribution < -0.4 is 10.2 Å². The predicted octanol–water partition coefficient (Wildman–Crippen LogP) is 3.26. The Labute approximate surface area is 152 Å². The zero-order valence-corrected chi connectivity index (χ0v) is 14.9. The highest BCUT2D eigenvalue weighted by Gasteiger charge is 2.12. The van der Waals surface area contributed by atoms with Gasteiger partial charge in [0, 0.05) is 23.1 Å². The second kappa shape index (κ2) is 7.65. The number of amides is 1. The summed E-state index contributed by atoms with van der Waals surface area (Å²) in [5, 5.41) is 4.09. The van der Waals surface area contributed by atoms with Crippen molar-refractivity contribution in [3.8, 4) is 11.6 Å². The quantitative estimate of drug-likeness (QED) is 0.568. The van der Waals surface area contributed by atoms with Crippen LogP contribution in [0.25, 0.3) is 5.82 Å². The van der Waals surface area contributed by atoms with E-state index in [9.17, 15) is 4.79 Å². The molecule has 0 aliphatic rings. The van der Waals surface area contributed by atoms with Crippen LogP contribution in [0, 0.1) is 13.8 Å². The number of nitrogens with one attached hydrogen (secondary N) is 1. The fourth-order valence-electron chi connectivity index (χ4n) is 2.81. The van der Waals surface area contributed by atoms with Crippen LogP contribution in [0.5, 0.6) is 5.75 Å². The Morgan fingerprint density at radius 2 is 1.96 bits per heavy atom. The van der Waals surface area contributed by atoms with Crippen molar-refractivity contribution in [3.05, 3.63) is 77.2 Å². The number of carbonyl (C=O) groups is 1. The maximum atomic E-state index is 12.3. The molecule has 3 rings (SSSR count). The van der Waals surface area contributed by atoms with Gasteiger partial charge in [-0.2, -0.15) is 5.10 Å². The maximum Gasteiger partial charge on any atom is 0.275 e. The van der Waals surface area contributed by atoms with Gasteiger partial charge in [0.25, 0.3) is 5.91 Å². The van der Waals surface area contributed by atoms with Gasteiger partial charge >= 0.3 is 0 Å². The second-order valence-corrected chi connectivity index (χ2v) is 5.75. The number of hydrogen-bond donors (Lipinski definition) is 1. The van der Waals surface area contributed by atoms with Crippen molar-refractivity contribution in [2.45, 2.75) is 13.8 Å². The van der Waals surface area contributed by atoms with Gasteiger partial charge in [0.2, 0.25) is 0 Å². The van der Waals surface area contributed by atoms with E-state index >= 15 is 0 Å². The van der Waals surface area contributed by atoms with Gasteiger partial charge in [0.05, 0.1) is 18.9 Å². The summed E-state index contributed by atoms with van der Waals surface area (Å²) < 4.78 is 7.24. The van der Waals surface area contributed by atoms with Crippen LogP contribution >= 0.6 is 0 Å². The van der Waals surface area contributed by atoms with Crippen LogP contribution in [-0.4, -0.2) is 28.8 Å². The van der Waals surface area contributed by atoms with E-state index < -0.39 is 0 Å². The standard InChI is InChI=1S/C20H20N4O2/c1-14-12-16(15(2)24(14)19-10-6-7-11-21-19)13-22-23-20(25)17-8-4-5-9-18(17)26-3/h4-13H,1-3H3,(H,23,25)/b22-13-. The summed E-state index contributed by atoms with van der Waals surface area (Å²) in [6.45, 7) is 4.00. The smallest absolute Gasteiger partial charge is 0.275 e. The molecule has 0 radical (unpaired) electrons. The Morgan fingerprint density at radius 3 is 2.69 bits per heavy atom. The number of pyridine rings is 1. The summed E-state index contributed by atoms with van der Waals surface area (Å²) >= 11 is 0. The minimum atomic E-state index is -0.322. The van der Waals surface area contributed by atoms with Crippen LogP contribution in [0.3, 0.4) is 0 Å². The van der Waals surface area contributed by atoms with Gasteiger partial charge in [0.1, 0.15) is 11.6 Å². The molecule has 0 fully saturated rings. The minimum absolute atomic E-state index is 0.322.